The number of nitrogens with zero attached hydrogens (tertiary/aromatic N) is 1. The molecule has 0 fully saturated rings. The molecule has 1 aromatic carbocycles. The number of aliphatic hydroxyl groups excluding tert-OH is 2. The van der Waals surface area contributed by atoms with Gasteiger partial charge >= 0.3 is 0 Å². The van der Waals surface area contributed by atoms with Gasteiger partial charge in [-0.05, 0) is 11.6 Å². The molecule has 5 heteroatoms. The highest BCUT2D eigenvalue weighted by atomic mass is 19.3. The Balaban J connectivity index is 2.83. The number of hydrogen-bond donors (Lipinski definition) is 2. The minimum absolute atomic E-state index is 0.169. The van der Waals surface area contributed by atoms with E-state index in [9.17, 15) is 8.78 Å². The van der Waals surface area contributed by atoms with Crippen LogP contribution in [0.25, 0.3) is 0 Å². The van der Waals surface area contributed by atoms with E-state index in [0.29, 0.717) is 12.1 Å². The van der Waals surface area contributed by atoms with Crippen molar-refractivity contribution in [3.63, 3.8) is 0 Å². The van der Waals surface area contributed by atoms with Gasteiger partial charge in [-0.2, -0.15) is 0 Å². The maximum absolute atomic E-state index is 12.4. The summed E-state index contributed by atoms with van der Waals surface area (Å²) in [7, 11) is 0. The van der Waals surface area contributed by atoms with Gasteiger partial charge in [0.25, 0.3) is 6.43 Å². The Bertz CT molecular complexity index is 441. The molecule has 0 aliphatic heterocycles. The van der Waals surface area contributed by atoms with Crippen molar-refractivity contribution < 1.29 is 19.0 Å². The first-order valence-corrected chi connectivity index (χ1v) is 5.96. The number of rotatable bonds is 6. The molecule has 0 atom stereocenters. The molecule has 0 heterocycles. The maximum atomic E-state index is 12.4. The molecule has 0 radical (unpaired) electrons. The summed E-state index contributed by atoms with van der Waals surface area (Å²) in [6, 6.07) is 7.18. The lowest BCUT2D eigenvalue weighted by atomic mass is 10.1. The molecule has 0 saturated heterocycles. The van der Waals surface area contributed by atoms with Gasteiger partial charge in [-0.15, -0.1) is 0 Å². The van der Waals surface area contributed by atoms with Crippen molar-refractivity contribution in [2.24, 2.45) is 0 Å². The van der Waals surface area contributed by atoms with E-state index in [1.54, 1.807) is 24.3 Å². The topological polar surface area (TPSA) is 43.7 Å². The summed E-state index contributed by atoms with van der Waals surface area (Å²) in [5.74, 6) is 5.33. The molecule has 0 aromatic heterocycles. The first kappa shape index (κ1) is 15.6. The van der Waals surface area contributed by atoms with E-state index in [2.05, 4.69) is 11.8 Å². The van der Waals surface area contributed by atoms with Gasteiger partial charge in [-0.1, -0.05) is 30.0 Å². The number of halogens is 2. The van der Waals surface area contributed by atoms with E-state index in [0.717, 1.165) is 5.56 Å². The molecule has 1 aromatic rings. The van der Waals surface area contributed by atoms with Gasteiger partial charge in [0.05, 0.1) is 13.2 Å². The summed E-state index contributed by atoms with van der Waals surface area (Å²) >= 11 is 0. The molecule has 0 saturated carbocycles. The Labute approximate surface area is 111 Å². The average molecular weight is 269 g/mol. The SMILES string of the molecule is OCC#Cc1ccccc1CN(CCO)CC(F)F. The summed E-state index contributed by atoms with van der Waals surface area (Å²) in [5.41, 5.74) is 1.51. The Morgan fingerprint density at radius 2 is 1.95 bits per heavy atom. The smallest absolute Gasteiger partial charge is 0.251 e. The molecular formula is C14H17F2NO2. The van der Waals surface area contributed by atoms with Crippen molar-refractivity contribution in [1.82, 2.24) is 4.90 Å². The van der Waals surface area contributed by atoms with Crippen LogP contribution >= 0.6 is 0 Å². The Kier molecular flexibility index (Phi) is 7.04. The van der Waals surface area contributed by atoms with Crippen LogP contribution < -0.4 is 0 Å². The number of aliphatic hydroxyl groups is 2. The van der Waals surface area contributed by atoms with Gasteiger partial charge in [-0.3, -0.25) is 4.90 Å². The molecule has 104 valence electrons. The largest absolute Gasteiger partial charge is 0.395 e. The number of alkyl halides is 2. The lowest BCUT2D eigenvalue weighted by molar-refractivity contribution is 0.0746. The molecule has 2 N–H and O–H groups in total. The highest BCUT2D eigenvalue weighted by Crippen LogP contribution is 2.12. The molecule has 0 amide bonds. The quantitative estimate of drug-likeness (QED) is 0.760. The fourth-order valence-corrected chi connectivity index (χ4v) is 1.73. The standard InChI is InChI=1S/C14H17F2NO2/c15-14(16)11-17(7-9-19)10-13-5-2-1-4-12(13)6-3-8-18/h1-2,4-5,14,18-19H,7-11H2. The van der Waals surface area contributed by atoms with Crippen molar-refractivity contribution in [2.75, 3.05) is 26.3 Å². The molecule has 0 spiro atoms. The Morgan fingerprint density at radius 3 is 2.58 bits per heavy atom. The van der Waals surface area contributed by atoms with E-state index in [-0.39, 0.29) is 26.3 Å². The summed E-state index contributed by atoms with van der Waals surface area (Å²) in [6.07, 6.45) is -2.44. The van der Waals surface area contributed by atoms with E-state index < -0.39 is 6.43 Å². The first-order chi connectivity index (χ1) is 9.17. The third-order valence-corrected chi connectivity index (χ3v) is 2.53. The monoisotopic (exact) mass is 269 g/mol. The van der Waals surface area contributed by atoms with Crippen molar-refractivity contribution in [2.45, 2.75) is 13.0 Å². The van der Waals surface area contributed by atoms with Gasteiger partial charge in [0.2, 0.25) is 0 Å². The van der Waals surface area contributed by atoms with Gasteiger partial charge in [0.15, 0.2) is 0 Å². The predicted molar refractivity (Wildman–Crippen MR) is 68.8 cm³/mol. The molecule has 0 aliphatic rings. The lowest BCUT2D eigenvalue weighted by Gasteiger charge is -2.21. The van der Waals surface area contributed by atoms with Crippen LogP contribution in [0.4, 0.5) is 8.78 Å². The van der Waals surface area contributed by atoms with Crippen molar-refractivity contribution in [3.8, 4) is 11.8 Å². The predicted octanol–water partition coefficient (Wildman–Crippen LogP) is 1.09. The van der Waals surface area contributed by atoms with Crippen LogP contribution in [0.3, 0.4) is 0 Å². The van der Waals surface area contributed by atoms with Gasteiger partial charge in [0, 0.05) is 18.7 Å². The van der Waals surface area contributed by atoms with E-state index in [1.165, 1.54) is 4.90 Å². The third-order valence-electron chi connectivity index (χ3n) is 2.53. The minimum atomic E-state index is -2.44. The van der Waals surface area contributed by atoms with Crippen LogP contribution in [0.15, 0.2) is 24.3 Å². The van der Waals surface area contributed by atoms with E-state index >= 15 is 0 Å². The Morgan fingerprint density at radius 1 is 1.21 bits per heavy atom. The van der Waals surface area contributed by atoms with Crippen LogP contribution in [-0.4, -0.2) is 47.8 Å². The molecule has 0 aliphatic carbocycles. The summed E-state index contributed by atoms with van der Waals surface area (Å²) < 4.78 is 24.9. The first-order valence-electron chi connectivity index (χ1n) is 5.96. The fourth-order valence-electron chi connectivity index (χ4n) is 1.73. The van der Waals surface area contributed by atoms with E-state index in [1.807, 2.05) is 0 Å². The van der Waals surface area contributed by atoms with Gasteiger partial charge < -0.3 is 10.2 Å². The summed E-state index contributed by atoms with van der Waals surface area (Å²) in [5, 5.41) is 17.6. The fraction of sp³-hybridized carbons (Fsp3) is 0.429. The van der Waals surface area contributed by atoms with Crippen LogP contribution in [0.5, 0.6) is 0 Å². The van der Waals surface area contributed by atoms with Crippen molar-refractivity contribution >= 4 is 0 Å². The minimum Gasteiger partial charge on any atom is -0.395 e. The molecule has 19 heavy (non-hydrogen) atoms. The highest BCUT2D eigenvalue weighted by molar-refractivity contribution is 5.41. The Hall–Kier alpha value is -1.48. The maximum Gasteiger partial charge on any atom is 0.251 e. The zero-order valence-corrected chi connectivity index (χ0v) is 10.5. The van der Waals surface area contributed by atoms with Crippen LogP contribution in [0, 0.1) is 11.8 Å². The zero-order chi connectivity index (χ0) is 14.1. The van der Waals surface area contributed by atoms with E-state index in [4.69, 9.17) is 10.2 Å². The van der Waals surface area contributed by atoms with Crippen molar-refractivity contribution in [3.05, 3.63) is 35.4 Å². The third kappa shape index (κ3) is 5.79. The zero-order valence-electron chi connectivity index (χ0n) is 10.5. The number of hydrogen-bond acceptors (Lipinski definition) is 3. The van der Waals surface area contributed by atoms with Crippen molar-refractivity contribution in [1.29, 1.82) is 0 Å². The summed E-state index contributed by atoms with van der Waals surface area (Å²) in [6.45, 7) is -0.321. The van der Waals surface area contributed by atoms with Crippen LogP contribution in [-0.2, 0) is 6.54 Å². The molecule has 1 rings (SSSR count). The molecule has 3 nitrogen and oxygen atoms in total. The van der Waals surface area contributed by atoms with Crippen LogP contribution in [0.2, 0.25) is 0 Å². The lowest BCUT2D eigenvalue weighted by Crippen LogP contribution is -2.31. The average Bonchev–Trinajstić information content (AvgIpc) is 2.37. The second-order valence-corrected chi connectivity index (χ2v) is 3.97. The van der Waals surface area contributed by atoms with Crippen LogP contribution in [0.1, 0.15) is 11.1 Å². The molecule has 0 unspecified atom stereocenters. The van der Waals surface area contributed by atoms with Gasteiger partial charge in [0.1, 0.15) is 6.61 Å². The van der Waals surface area contributed by atoms with Gasteiger partial charge in [-0.25, -0.2) is 8.78 Å². The molecule has 0 bridgehead atoms. The second kappa shape index (κ2) is 8.59. The second-order valence-electron chi connectivity index (χ2n) is 3.97. The summed E-state index contributed by atoms with van der Waals surface area (Å²) in [4.78, 5) is 1.48. The molecular weight excluding hydrogens is 252 g/mol. The number of benzene rings is 1. The highest BCUT2D eigenvalue weighted by Gasteiger charge is 2.13. The normalized spacial score (nSPS) is 10.6.